The first kappa shape index (κ1) is 18.2. The van der Waals surface area contributed by atoms with Gasteiger partial charge in [0.1, 0.15) is 5.69 Å². The van der Waals surface area contributed by atoms with Gasteiger partial charge in [-0.1, -0.05) is 0 Å². The van der Waals surface area contributed by atoms with Crippen LogP contribution in [0.3, 0.4) is 0 Å². The molecule has 10 heteroatoms. The van der Waals surface area contributed by atoms with E-state index in [1.807, 2.05) is 13.8 Å². The highest BCUT2D eigenvalue weighted by molar-refractivity contribution is 5.74. The summed E-state index contributed by atoms with van der Waals surface area (Å²) in [7, 11) is 0. The lowest BCUT2D eigenvalue weighted by atomic mass is 10.2. The predicted octanol–water partition coefficient (Wildman–Crippen LogP) is 1.73. The molecule has 0 saturated carbocycles. The van der Waals surface area contributed by atoms with Crippen LogP contribution in [0, 0.1) is 0 Å². The Hall–Kier alpha value is -2.10. The summed E-state index contributed by atoms with van der Waals surface area (Å²) in [5.74, 6) is -0.132. The minimum Gasteiger partial charge on any atom is -0.375 e. The standard InChI is InChI=1S/C14H20F3N5O2/c1-9-8-24-10(2)7-22(9)13(23)20-6-5-19-12-18-4-3-11(21-12)14(15,16)17/h3-4,9-10H,5-8H2,1-2H3,(H,20,23)(H,18,19,21)/t9-,10-/m1/s1. The van der Waals surface area contributed by atoms with E-state index in [1.165, 1.54) is 0 Å². The van der Waals surface area contributed by atoms with Gasteiger partial charge in [0.05, 0.1) is 18.8 Å². The van der Waals surface area contributed by atoms with Crippen molar-refractivity contribution in [2.24, 2.45) is 0 Å². The molecule has 1 fully saturated rings. The van der Waals surface area contributed by atoms with Gasteiger partial charge in [-0.2, -0.15) is 13.2 Å². The summed E-state index contributed by atoms with van der Waals surface area (Å²) in [5, 5.41) is 5.36. The Morgan fingerprint density at radius 3 is 2.88 bits per heavy atom. The molecule has 0 radical (unpaired) electrons. The molecule has 24 heavy (non-hydrogen) atoms. The second kappa shape index (κ2) is 7.65. The number of hydrogen-bond donors (Lipinski definition) is 2. The topological polar surface area (TPSA) is 79.4 Å². The van der Waals surface area contributed by atoms with E-state index in [2.05, 4.69) is 20.6 Å². The van der Waals surface area contributed by atoms with Crippen LogP contribution >= 0.6 is 0 Å². The van der Waals surface area contributed by atoms with E-state index in [0.717, 1.165) is 12.3 Å². The van der Waals surface area contributed by atoms with Crippen LogP contribution in [0.5, 0.6) is 0 Å². The van der Waals surface area contributed by atoms with Crippen molar-refractivity contribution in [2.45, 2.75) is 32.2 Å². The van der Waals surface area contributed by atoms with Gasteiger partial charge in [0.15, 0.2) is 0 Å². The summed E-state index contributed by atoms with van der Waals surface area (Å²) in [6.45, 7) is 5.19. The number of anilines is 1. The Morgan fingerprint density at radius 2 is 2.17 bits per heavy atom. The number of alkyl halides is 3. The second-order valence-corrected chi connectivity index (χ2v) is 5.57. The minimum absolute atomic E-state index is 0.0245. The predicted molar refractivity (Wildman–Crippen MR) is 80.5 cm³/mol. The van der Waals surface area contributed by atoms with Crippen molar-refractivity contribution < 1.29 is 22.7 Å². The van der Waals surface area contributed by atoms with E-state index >= 15 is 0 Å². The molecule has 134 valence electrons. The van der Waals surface area contributed by atoms with E-state index in [4.69, 9.17) is 4.74 Å². The molecule has 2 atom stereocenters. The number of halogens is 3. The van der Waals surface area contributed by atoms with Crippen LogP contribution in [0.25, 0.3) is 0 Å². The monoisotopic (exact) mass is 347 g/mol. The third-order valence-electron chi connectivity index (χ3n) is 3.50. The smallest absolute Gasteiger partial charge is 0.375 e. The van der Waals surface area contributed by atoms with Crippen LogP contribution in [-0.2, 0) is 10.9 Å². The summed E-state index contributed by atoms with van der Waals surface area (Å²) in [4.78, 5) is 20.9. The molecular weight excluding hydrogens is 327 g/mol. The average Bonchev–Trinajstić information content (AvgIpc) is 2.53. The molecule has 1 saturated heterocycles. The molecule has 7 nitrogen and oxygen atoms in total. The van der Waals surface area contributed by atoms with Crippen LogP contribution in [0.2, 0.25) is 0 Å². The van der Waals surface area contributed by atoms with Gasteiger partial charge < -0.3 is 20.3 Å². The first-order chi connectivity index (χ1) is 11.3. The molecule has 2 N–H and O–H groups in total. The number of aromatic nitrogens is 2. The molecule has 0 aromatic carbocycles. The Morgan fingerprint density at radius 1 is 1.42 bits per heavy atom. The number of ether oxygens (including phenoxy) is 1. The maximum Gasteiger partial charge on any atom is 0.433 e. The maximum absolute atomic E-state index is 12.5. The summed E-state index contributed by atoms with van der Waals surface area (Å²) in [5.41, 5.74) is -1.01. The maximum atomic E-state index is 12.5. The van der Waals surface area contributed by atoms with E-state index in [9.17, 15) is 18.0 Å². The fourth-order valence-corrected chi connectivity index (χ4v) is 2.23. The van der Waals surface area contributed by atoms with Gasteiger partial charge in [-0.25, -0.2) is 14.8 Å². The molecule has 0 aliphatic carbocycles. The van der Waals surface area contributed by atoms with Crippen molar-refractivity contribution in [3.8, 4) is 0 Å². The molecule has 2 rings (SSSR count). The highest BCUT2D eigenvalue weighted by atomic mass is 19.4. The van der Waals surface area contributed by atoms with Crippen LogP contribution in [0.4, 0.5) is 23.9 Å². The zero-order chi connectivity index (χ0) is 17.7. The van der Waals surface area contributed by atoms with Gasteiger partial charge in [-0.05, 0) is 19.9 Å². The number of hydrogen-bond acceptors (Lipinski definition) is 5. The molecule has 0 spiro atoms. The average molecular weight is 347 g/mol. The number of nitrogens with zero attached hydrogens (tertiary/aromatic N) is 3. The lowest BCUT2D eigenvalue weighted by Gasteiger charge is -2.36. The Kier molecular flexibility index (Phi) is 5.81. The second-order valence-electron chi connectivity index (χ2n) is 5.57. The largest absolute Gasteiger partial charge is 0.433 e. The highest BCUT2D eigenvalue weighted by Crippen LogP contribution is 2.27. The van der Waals surface area contributed by atoms with Crippen molar-refractivity contribution in [2.75, 3.05) is 31.6 Å². The van der Waals surface area contributed by atoms with Gasteiger partial charge in [-0.3, -0.25) is 0 Å². The molecule has 0 bridgehead atoms. The Balaban J connectivity index is 1.77. The molecule has 2 heterocycles. The van der Waals surface area contributed by atoms with Gasteiger partial charge >= 0.3 is 12.2 Å². The zero-order valence-corrected chi connectivity index (χ0v) is 13.4. The summed E-state index contributed by atoms with van der Waals surface area (Å²) in [6, 6.07) is 0.541. The number of carbonyl (C=O) groups is 1. The number of carbonyl (C=O) groups excluding carboxylic acids is 1. The number of urea groups is 1. The van der Waals surface area contributed by atoms with E-state index in [1.54, 1.807) is 4.90 Å². The summed E-state index contributed by atoms with van der Waals surface area (Å²) in [6.07, 6.45) is -3.51. The van der Waals surface area contributed by atoms with Crippen LogP contribution in [-0.4, -0.2) is 59.3 Å². The van der Waals surface area contributed by atoms with E-state index < -0.39 is 11.9 Å². The molecule has 2 amide bonds. The van der Waals surface area contributed by atoms with Crippen molar-refractivity contribution in [3.63, 3.8) is 0 Å². The van der Waals surface area contributed by atoms with E-state index in [0.29, 0.717) is 13.2 Å². The third-order valence-corrected chi connectivity index (χ3v) is 3.50. The SMILES string of the molecule is C[C@@H]1CN(C(=O)NCCNc2nccc(C(F)(F)F)n2)[C@H](C)CO1. The zero-order valence-electron chi connectivity index (χ0n) is 13.4. The van der Waals surface area contributed by atoms with Gasteiger partial charge in [0.2, 0.25) is 5.95 Å². The number of morpholine rings is 1. The summed E-state index contributed by atoms with van der Waals surface area (Å²) >= 11 is 0. The first-order valence-electron chi connectivity index (χ1n) is 7.57. The Bertz CT molecular complexity index is 570. The fraction of sp³-hybridized carbons (Fsp3) is 0.643. The fourth-order valence-electron chi connectivity index (χ4n) is 2.23. The number of amides is 2. The van der Waals surface area contributed by atoms with Gasteiger partial charge in [0, 0.05) is 25.8 Å². The lowest BCUT2D eigenvalue weighted by molar-refractivity contribution is -0.141. The van der Waals surface area contributed by atoms with Crippen molar-refractivity contribution >= 4 is 12.0 Å². The van der Waals surface area contributed by atoms with Crippen molar-refractivity contribution in [1.29, 1.82) is 0 Å². The minimum atomic E-state index is -4.52. The van der Waals surface area contributed by atoms with Crippen LogP contribution in [0.1, 0.15) is 19.5 Å². The summed E-state index contributed by atoms with van der Waals surface area (Å²) < 4.78 is 43.1. The molecular formula is C14H20F3N5O2. The van der Waals surface area contributed by atoms with Crippen LogP contribution < -0.4 is 10.6 Å². The third kappa shape index (κ3) is 4.95. The Labute approximate surface area is 137 Å². The number of nitrogens with one attached hydrogen (secondary N) is 2. The van der Waals surface area contributed by atoms with Crippen LogP contribution in [0.15, 0.2) is 12.3 Å². The van der Waals surface area contributed by atoms with E-state index in [-0.39, 0.29) is 37.2 Å². The molecule has 1 aliphatic heterocycles. The normalized spacial score (nSPS) is 21.5. The first-order valence-corrected chi connectivity index (χ1v) is 7.57. The molecule has 1 aromatic heterocycles. The van der Waals surface area contributed by atoms with Gasteiger partial charge in [-0.15, -0.1) is 0 Å². The molecule has 0 unspecified atom stereocenters. The number of rotatable bonds is 4. The molecule has 1 aromatic rings. The van der Waals surface area contributed by atoms with Gasteiger partial charge in [0.25, 0.3) is 0 Å². The molecule has 1 aliphatic rings. The highest BCUT2D eigenvalue weighted by Gasteiger charge is 2.32. The van der Waals surface area contributed by atoms with Crippen molar-refractivity contribution in [1.82, 2.24) is 20.2 Å². The van der Waals surface area contributed by atoms with Crippen molar-refractivity contribution in [3.05, 3.63) is 18.0 Å². The quantitative estimate of drug-likeness (QED) is 0.811. The lowest BCUT2D eigenvalue weighted by Crippen LogP contribution is -2.54.